The summed E-state index contributed by atoms with van der Waals surface area (Å²) in [6.45, 7) is 4.96. The maximum Gasteiger partial charge on any atom is 0.260 e. The van der Waals surface area contributed by atoms with E-state index < -0.39 is 5.91 Å². The first-order valence-electron chi connectivity index (χ1n) is 7.41. The average Bonchev–Trinajstić information content (AvgIpc) is 3.18. The van der Waals surface area contributed by atoms with Crippen LogP contribution >= 0.6 is 0 Å². The minimum atomic E-state index is -0.436. The van der Waals surface area contributed by atoms with Crippen LogP contribution in [0.5, 0.6) is 0 Å². The molecule has 0 atom stereocenters. The summed E-state index contributed by atoms with van der Waals surface area (Å²) in [6, 6.07) is 1.66. The monoisotopic (exact) mass is 335 g/mol. The number of carbonyl (C=O) groups is 2. The SMILES string of the molecule is CC(=O)Nc1nonc1NC(=O)c1coc(CN2CCOCC2)c1. The Hall–Kier alpha value is -2.72. The topological polar surface area (TPSA) is 123 Å². The Kier molecular flexibility index (Phi) is 4.87. The summed E-state index contributed by atoms with van der Waals surface area (Å²) in [5.74, 6) is -0.0204. The first kappa shape index (κ1) is 16.1. The van der Waals surface area contributed by atoms with Crippen molar-refractivity contribution in [2.45, 2.75) is 13.5 Å². The average molecular weight is 335 g/mol. The van der Waals surface area contributed by atoms with Crippen molar-refractivity contribution in [2.75, 3.05) is 36.9 Å². The van der Waals surface area contributed by atoms with Crippen LogP contribution in [0.3, 0.4) is 0 Å². The van der Waals surface area contributed by atoms with E-state index in [0.29, 0.717) is 31.1 Å². The van der Waals surface area contributed by atoms with Gasteiger partial charge in [0.1, 0.15) is 12.0 Å². The quantitative estimate of drug-likeness (QED) is 0.819. The van der Waals surface area contributed by atoms with Gasteiger partial charge in [-0.15, -0.1) is 0 Å². The molecular formula is C14H17N5O5. The minimum Gasteiger partial charge on any atom is -0.467 e. The molecular weight excluding hydrogens is 318 g/mol. The first-order chi connectivity index (χ1) is 11.6. The number of furan rings is 1. The molecule has 0 spiro atoms. The molecule has 3 heterocycles. The molecule has 3 rings (SSSR count). The molecule has 0 radical (unpaired) electrons. The number of nitrogens with one attached hydrogen (secondary N) is 2. The van der Waals surface area contributed by atoms with Gasteiger partial charge in [-0.25, -0.2) is 4.63 Å². The third-order valence-electron chi connectivity index (χ3n) is 3.41. The number of aromatic nitrogens is 2. The molecule has 2 aromatic heterocycles. The largest absolute Gasteiger partial charge is 0.467 e. The van der Waals surface area contributed by atoms with Crippen LogP contribution in [0.4, 0.5) is 11.6 Å². The van der Waals surface area contributed by atoms with Crippen molar-refractivity contribution in [3.05, 3.63) is 23.7 Å². The highest BCUT2D eigenvalue weighted by Gasteiger charge is 2.18. The van der Waals surface area contributed by atoms with Crippen molar-refractivity contribution in [2.24, 2.45) is 0 Å². The van der Waals surface area contributed by atoms with Gasteiger partial charge in [-0.3, -0.25) is 14.5 Å². The van der Waals surface area contributed by atoms with E-state index in [1.54, 1.807) is 6.07 Å². The molecule has 2 N–H and O–H groups in total. The van der Waals surface area contributed by atoms with Crippen molar-refractivity contribution in [3.63, 3.8) is 0 Å². The Morgan fingerprint density at radius 3 is 2.62 bits per heavy atom. The van der Waals surface area contributed by atoms with Crippen LogP contribution in [0.1, 0.15) is 23.0 Å². The molecule has 1 aliphatic heterocycles. The Bertz CT molecular complexity index is 719. The van der Waals surface area contributed by atoms with Gasteiger partial charge in [0.2, 0.25) is 17.5 Å². The number of morpholine rings is 1. The van der Waals surface area contributed by atoms with Gasteiger partial charge >= 0.3 is 0 Å². The van der Waals surface area contributed by atoms with Crippen LogP contribution in [0.15, 0.2) is 21.4 Å². The predicted molar refractivity (Wildman–Crippen MR) is 81.4 cm³/mol. The second kappa shape index (κ2) is 7.23. The van der Waals surface area contributed by atoms with E-state index in [9.17, 15) is 9.59 Å². The molecule has 1 fully saturated rings. The van der Waals surface area contributed by atoms with Gasteiger partial charge in [-0.05, 0) is 16.4 Å². The lowest BCUT2D eigenvalue weighted by Gasteiger charge is -2.25. The molecule has 0 aliphatic carbocycles. The number of carbonyl (C=O) groups excluding carboxylic acids is 2. The lowest BCUT2D eigenvalue weighted by atomic mass is 10.2. The summed E-state index contributed by atoms with van der Waals surface area (Å²) in [5.41, 5.74) is 0.343. The summed E-state index contributed by atoms with van der Waals surface area (Å²) in [5, 5.41) is 12.0. The van der Waals surface area contributed by atoms with E-state index in [-0.39, 0.29) is 17.5 Å². The van der Waals surface area contributed by atoms with Crippen LogP contribution in [-0.2, 0) is 16.1 Å². The molecule has 0 unspecified atom stereocenters. The molecule has 24 heavy (non-hydrogen) atoms. The number of anilines is 2. The Morgan fingerprint density at radius 2 is 1.92 bits per heavy atom. The van der Waals surface area contributed by atoms with Crippen molar-refractivity contribution in [1.29, 1.82) is 0 Å². The first-order valence-corrected chi connectivity index (χ1v) is 7.41. The van der Waals surface area contributed by atoms with Crippen LogP contribution in [-0.4, -0.2) is 53.3 Å². The normalized spacial score (nSPS) is 15.2. The summed E-state index contributed by atoms with van der Waals surface area (Å²) >= 11 is 0. The molecule has 1 aliphatic rings. The van der Waals surface area contributed by atoms with Crippen molar-refractivity contribution < 1.29 is 23.4 Å². The fourth-order valence-electron chi connectivity index (χ4n) is 2.26. The number of nitrogens with zero attached hydrogens (tertiary/aromatic N) is 3. The lowest BCUT2D eigenvalue weighted by Crippen LogP contribution is -2.35. The zero-order valence-electron chi connectivity index (χ0n) is 13.1. The van der Waals surface area contributed by atoms with Crippen molar-refractivity contribution >= 4 is 23.5 Å². The lowest BCUT2D eigenvalue weighted by molar-refractivity contribution is -0.114. The molecule has 2 aromatic rings. The number of rotatable bonds is 5. The Morgan fingerprint density at radius 1 is 1.21 bits per heavy atom. The number of hydrogen-bond acceptors (Lipinski definition) is 8. The van der Waals surface area contributed by atoms with Crippen LogP contribution in [0.2, 0.25) is 0 Å². The molecule has 10 nitrogen and oxygen atoms in total. The van der Waals surface area contributed by atoms with Crippen molar-refractivity contribution in [1.82, 2.24) is 15.2 Å². The third-order valence-corrected chi connectivity index (χ3v) is 3.41. The van der Waals surface area contributed by atoms with E-state index in [1.165, 1.54) is 13.2 Å². The van der Waals surface area contributed by atoms with Crippen LogP contribution in [0, 0.1) is 0 Å². The summed E-state index contributed by atoms with van der Waals surface area (Å²) in [6.07, 6.45) is 1.37. The molecule has 10 heteroatoms. The van der Waals surface area contributed by atoms with E-state index in [0.717, 1.165) is 13.1 Å². The zero-order chi connectivity index (χ0) is 16.9. The van der Waals surface area contributed by atoms with Crippen LogP contribution in [0.25, 0.3) is 0 Å². The second-order valence-corrected chi connectivity index (χ2v) is 5.29. The van der Waals surface area contributed by atoms with Gasteiger partial charge in [0.25, 0.3) is 5.91 Å². The minimum absolute atomic E-state index is 0.0335. The molecule has 128 valence electrons. The van der Waals surface area contributed by atoms with Gasteiger partial charge < -0.3 is 19.8 Å². The second-order valence-electron chi connectivity index (χ2n) is 5.29. The summed E-state index contributed by atoms with van der Waals surface area (Å²) in [4.78, 5) is 25.5. The molecule has 2 amide bonds. The highest BCUT2D eigenvalue weighted by atomic mass is 16.6. The van der Waals surface area contributed by atoms with Crippen LogP contribution < -0.4 is 10.6 Å². The molecule has 0 saturated carbocycles. The summed E-state index contributed by atoms with van der Waals surface area (Å²) < 4.78 is 15.2. The number of ether oxygens (including phenoxy) is 1. The summed E-state index contributed by atoms with van der Waals surface area (Å²) in [7, 11) is 0. The fourth-order valence-corrected chi connectivity index (χ4v) is 2.26. The maximum atomic E-state index is 12.2. The predicted octanol–water partition coefficient (Wildman–Crippen LogP) is 0.705. The van der Waals surface area contributed by atoms with Gasteiger partial charge in [0.15, 0.2) is 0 Å². The Labute approximate surface area is 137 Å². The molecule has 0 aromatic carbocycles. The highest BCUT2D eigenvalue weighted by molar-refractivity contribution is 6.05. The van der Waals surface area contributed by atoms with Gasteiger partial charge in [-0.2, -0.15) is 0 Å². The van der Waals surface area contributed by atoms with E-state index >= 15 is 0 Å². The van der Waals surface area contributed by atoms with Crippen molar-refractivity contribution in [3.8, 4) is 0 Å². The maximum absolute atomic E-state index is 12.2. The fraction of sp³-hybridized carbons (Fsp3) is 0.429. The highest BCUT2D eigenvalue weighted by Crippen LogP contribution is 2.18. The number of amides is 2. The van der Waals surface area contributed by atoms with E-state index in [1.807, 2.05) is 0 Å². The van der Waals surface area contributed by atoms with Gasteiger partial charge in [0, 0.05) is 20.0 Å². The zero-order valence-corrected chi connectivity index (χ0v) is 13.1. The van der Waals surface area contributed by atoms with E-state index in [4.69, 9.17) is 9.15 Å². The molecule has 0 bridgehead atoms. The third kappa shape index (κ3) is 3.97. The van der Waals surface area contributed by atoms with Gasteiger partial charge in [-0.1, -0.05) is 0 Å². The molecule has 1 saturated heterocycles. The van der Waals surface area contributed by atoms with Gasteiger partial charge in [0.05, 0.1) is 25.3 Å². The Balaban J connectivity index is 1.61. The smallest absolute Gasteiger partial charge is 0.260 e. The van der Waals surface area contributed by atoms with E-state index in [2.05, 4.69) is 30.5 Å². The number of hydrogen-bond donors (Lipinski definition) is 2. The standard InChI is InChI=1S/C14H17N5O5/c1-9(20)15-12-13(18-24-17-12)16-14(21)10-6-11(23-8-10)7-19-2-4-22-5-3-19/h6,8H,2-5,7H2,1H3,(H,15,17,20)(H,16,18,21).